The Bertz CT molecular complexity index is 616. The molecule has 102 valence electrons. The van der Waals surface area contributed by atoms with E-state index in [1.165, 1.54) is 11.3 Å². The fraction of sp³-hybridized carbons (Fsp3) is 0.231. The zero-order valence-electron chi connectivity index (χ0n) is 10.7. The fourth-order valence-electron chi connectivity index (χ4n) is 1.50. The van der Waals surface area contributed by atoms with E-state index >= 15 is 0 Å². The molecule has 1 aromatic carbocycles. The number of ether oxygens (including phenoxy) is 1. The van der Waals surface area contributed by atoms with Gasteiger partial charge in [-0.3, -0.25) is 4.72 Å². The Labute approximate surface area is 117 Å². The minimum absolute atomic E-state index is 0.0914. The van der Waals surface area contributed by atoms with Gasteiger partial charge < -0.3 is 4.74 Å². The molecule has 4 nitrogen and oxygen atoms in total. The van der Waals surface area contributed by atoms with Crippen LogP contribution in [0.1, 0.15) is 13.8 Å². The normalized spacial score (nSPS) is 11.5. The lowest BCUT2D eigenvalue weighted by atomic mass is 10.3. The molecule has 1 N–H and O–H groups in total. The number of thiophene rings is 1. The molecule has 1 aromatic heterocycles. The molecule has 0 aliphatic carbocycles. The number of rotatable bonds is 5. The first-order chi connectivity index (χ1) is 8.97. The van der Waals surface area contributed by atoms with Crippen LogP contribution in [0.3, 0.4) is 0 Å². The maximum absolute atomic E-state index is 12.0. The average molecular weight is 297 g/mol. The van der Waals surface area contributed by atoms with Crippen molar-refractivity contribution < 1.29 is 13.2 Å². The molecule has 2 rings (SSSR count). The quantitative estimate of drug-likeness (QED) is 0.921. The number of hydrogen-bond acceptors (Lipinski definition) is 4. The lowest BCUT2D eigenvalue weighted by Crippen LogP contribution is -2.11. The summed E-state index contributed by atoms with van der Waals surface area (Å²) in [5, 5.41) is 1.73. The molecule has 19 heavy (non-hydrogen) atoms. The Morgan fingerprint density at radius 1 is 1.16 bits per heavy atom. The van der Waals surface area contributed by atoms with Crippen molar-refractivity contribution in [3.8, 4) is 5.75 Å². The molecule has 0 saturated carbocycles. The van der Waals surface area contributed by atoms with Gasteiger partial charge in [0.15, 0.2) is 0 Å². The molecule has 6 heteroatoms. The first kappa shape index (κ1) is 13.9. The summed E-state index contributed by atoms with van der Waals surface area (Å²) in [5.74, 6) is 0.717. The highest BCUT2D eigenvalue weighted by molar-refractivity contribution is 7.94. The van der Waals surface area contributed by atoms with Crippen LogP contribution >= 0.6 is 11.3 Å². The molecule has 0 aliphatic heterocycles. The van der Waals surface area contributed by atoms with Crippen molar-refractivity contribution in [2.24, 2.45) is 0 Å². The van der Waals surface area contributed by atoms with Gasteiger partial charge in [-0.1, -0.05) is 6.07 Å². The third-order valence-corrected chi connectivity index (χ3v) is 5.02. The molecular formula is C13H15NO3S2. The largest absolute Gasteiger partial charge is 0.491 e. The average Bonchev–Trinajstić information content (AvgIpc) is 2.85. The molecule has 0 atom stereocenters. The van der Waals surface area contributed by atoms with Crippen molar-refractivity contribution in [2.45, 2.75) is 24.2 Å². The van der Waals surface area contributed by atoms with Gasteiger partial charge in [0.1, 0.15) is 9.96 Å². The topological polar surface area (TPSA) is 55.4 Å². The predicted molar refractivity (Wildman–Crippen MR) is 77.3 cm³/mol. The van der Waals surface area contributed by atoms with Crippen molar-refractivity contribution in [3.05, 3.63) is 41.8 Å². The Balaban J connectivity index is 2.12. The molecule has 0 saturated heterocycles. The van der Waals surface area contributed by atoms with E-state index in [1.54, 1.807) is 41.8 Å². The van der Waals surface area contributed by atoms with Crippen LogP contribution in [0.5, 0.6) is 5.75 Å². The minimum atomic E-state index is -3.48. The van der Waals surface area contributed by atoms with E-state index in [-0.39, 0.29) is 6.10 Å². The summed E-state index contributed by atoms with van der Waals surface area (Å²) in [6.45, 7) is 3.88. The minimum Gasteiger partial charge on any atom is -0.491 e. The van der Waals surface area contributed by atoms with Crippen LogP contribution in [0.25, 0.3) is 0 Å². The highest BCUT2D eigenvalue weighted by Crippen LogP contribution is 2.22. The molecule has 0 aliphatic rings. The molecule has 0 bridgehead atoms. The lowest BCUT2D eigenvalue weighted by Gasteiger charge is -2.11. The maximum Gasteiger partial charge on any atom is 0.271 e. The number of benzene rings is 1. The number of sulfonamides is 1. The highest BCUT2D eigenvalue weighted by atomic mass is 32.2. The van der Waals surface area contributed by atoms with Gasteiger partial charge in [0.25, 0.3) is 10.0 Å². The molecule has 0 spiro atoms. The monoisotopic (exact) mass is 297 g/mol. The maximum atomic E-state index is 12.0. The van der Waals surface area contributed by atoms with E-state index in [0.29, 0.717) is 15.6 Å². The number of hydrogen-bond donors (Lipinski definition) is 1. The Morgan fingerprint density at radius 2 is 1.84 bits per heavy atom. The first-order valence-electron chi connectivity index (χ1n) is 5.80. The Hall–Kier alpha value is -1.53. The Kier molecular flexibility index (Phi) is 4.11. The summed E-state index contributed by atoms with van der Waals surface area (Å²) in [6.07, 6.45) is 0.0914. The van der Waals surface area contributed by atoms with Crippen molar-refractivity contribution in [3.63, 3.8) is 0 Å². The van der Waals surface area contributed by atoms with Crippen LogP contribution in [0.2, 0.25) is 0 Å². The summed E-state index contributed by atoms with van der Waals surface area (Å²) in [7, 11) is -3.48. The van der Waals surface area contributed by atoms with Gasteiger partial charge in [-0.15, -0.1) is 11.3 Å². The van der Waals surface area contributed by atoms with Crippen LogP contribution in [0.15, 0.2) is 46.0 Å². The summed E-state index contributed by atoms with van der Waals surface area (Å²) in [4.78, 5) is 0. The van der Waals surface area contributed by atoms with Crippen molar-refractivity contribution in [2.75, 3.05) is 4.72 Å². The molecular weight excluding hydrogens is 282 g/mol. The van der Waals surface area contributed by atoms with Gasteiger partial charge in [0.2, 0.25) is 0 Å². The second-order valence-corrected chi connectivity index (χ2v) is 7.09. The lowest BCUT2D eigenvalue weighted by molar-refractivity contribution is 0.242. The van der Waals surface area contributed by atoms with Gasteiger partial charge >= 0.3 is 0 Å². The van der Waals surface area contributed by atoms with Gasteiger partial charge in [-0.2, -0.15) is 0 Å². The zero-order chi connectivity index (χ0) is 13.9. The zero-order valence-corrected chi connectivity index (χ0v) is 12.3. The second kappa shape index (κ2) is 5.63. The molecule has 0 fully saturated rings. The van der Waals surface area contributed by atoms with Gasteiger partial charge in [0, 0.05) is 5.69 Å². The van der Waals surface area contributed by atoms with E-state index in [1.807, 2.05) is 13.8 Å². The standard InChI is InChI=1S/C13H15NO3S2/c1-10(2)17-12-7-5-11(6-8-12)14-19(15,16)13-4-3-9-18-13/h3-10,14H,1-2H3. The molecule has 0 amide bonds. The van der Waals surface area contributed by atoms with Crippen LogP contribution < -0.4 is 9.46 Å². The smallest absolute Gasteiger partial charge is 0.271 e. The van der Waals surface area contributed by atoms with Gasteiger partial charge in [-0.25, -0.2) is 8.42 Å². The first-order valence-corrected chi connectivity index (χ1v) is 8.17. The van der Waals surface area contributed by atoms with Crippen molar-refractivity contribution in [1.82, 2.24) is 0 Å². The van der Waals surface area contributed by atoms with Crippen LogP contribution in [-0.2, 0) is 10.0 Å². The molecule has 0 radical (unpaired) electrons. The SMILES string of the molecule is CC(C)Oc1ccc(NS(=O)(=O)c2cccs2)cc1. The van der Waals surface area contributed by atoms with Crippen LogP contribution in [0.4, 0.5) is 5.69 Å². The molecule has 0 unspecified atom stereocenters. The van der Waals surface area contributed by atoms with E-state index in [0.717, 1.165) is 0 Å². The van der Waals surface area contributed by atoms with Crippen molar-refractivity contribution >= 4 is 27.0 Å². The number of anilines is 1. The summed E-state index contributed by atoms with van der Waals surface area (Å²) in [5.41, 5.74) is 0.518. The van der Waals surface area contributed by atoms with Crippen LogP contribution in [0, 0.1) is 0 Å². The second-order valence-electron chi connectivity index (χ2n) is 4.23. The number of nitrogens with one attached hydrogen (secondary N) is 1. The predicted octanol–water partition coefficient (Wildman–Crippen LogP) is 3.34. The fourth-order valence-corrected chi connectivity index (χ4v) is 3.55. The third kappa shape index (κ3) is 3.71. The third-order valence-electron chi connectivity index (χ3n) is 2.24. The Morgan fingerprint density at radius 3 is 2.37 bits per heavy atom. The highest BCUT2D eigenvalue weighted by Gasteiger charge is 2.14. The van der Waals surface area contributed by atoms with Crippen LogP contribution in [-0.4, -0.2) is 14.5 Å². The summed E-state index contributed by atoms with van der Waals surface area (Å²) < 4.78 is 32.3. The molecule has 2 aromatic rings. The van der Waals surface area contributed by atoms with Crippen molar-refractivity contribution in [1.29, 1.82) is 0 Å². The van der Waals surface area contributed by atoms with E-state index < -0.39 is 10.0 Å². The van der Waals surface area contributed by atoms with Gasteiger partial charge in [-0.05, 0) is 49.6 Å². The van der Waals surface area contributed by atoms with Gasteiger partial charge in [0.05, 0.1) is 6.10 Å². The van der Waals surface area contributed by atoms with E-state index in [2.05, 4.69) is 4.72 Å². The molecule has 1 heterocycles. The summed E-state index contributed by atoms with van der Waals surface area (Å²) in [6, 6.07) is 10.1. The van der Waals surface area contributed by atoms with E-state index in [4.69, 9.17) is 4.74 Å². The summed E-state index contributed by atoms with van der Waals surface area (Å²) >= 11 is 1.19. The van der Waals surface area contributed by atoms with E-state index in [9.17, 15) is 8.42 Å².